The van der Waals surface area contributed by atoms with Crippen LogP contribution in [-0.2, 0) is 6.42 Å². The first-order valence-corrected chi connectivity index (χ1v) is 7.40. The maximum absolute atomic E-state index is 11.5. The van der Waals surface area contributed by atoms with Gasteiger partial charge in [-0.2, -0.15) is 0 Å². The van der Waals surface area contributed by atoms with Crippen LogP contribution in [0.5, 0.6) is 0 Å². The molecule has 0 bridgehead atoms. The average molecular weight is 285 g/mol. The summed E-state index contributed by atoms with van der Waals surface area (Å²) < 4.78 is 0. The van der Waals surface area contributed by atoms with Crippen molar-refractivity contribution in [1.29, 1.82) is 0 Å². The van der Waals surface area contributed by atoms with Gasteiger partial charge in [-0.05, 0) is 26.2 Å². The maximum Gasteiger partial charge on any atom is 0.314 e. The minimum Gasteiger partial charge on any atom is -0.393 e. The smallest absolute Gasteiger partial charge is 0.314 e. The first-order valence-electron chi connectivity index (χ1n) is 6.58. The van der Waals surface area contributed by atoms with Crippen LogP contribution in [0.4, 0.5) is 4.79 Å². The Morgan fingerprint density at radius 1 is 1.47 bits per heavy atom. The monoisotopic (exact) mass is 285 g/mol. The topological polar surface area (TPSA) is 74.2 Å². The normalized spacial score (nSPS) is 13.9. The molecule has 1 aromatic rings. The molecule has 3 N–H and O–H groups in total. The first-order chi connectivity index (χ1) is 8.97. The molecule has 0 saturated carbocycles. The Balaban J connectivity index is 2.11. The number of hydrogen-bond donors (Lipinski definition) is 3. The molecule has 0 aliphatic rings. The van der Waals surface area contributed by atoms with Gasteiger partial charge in [0.15, 0.2) is 0 Å². The molecule has 1 aromatic heterocycles. The zero-order chi connectivity index (χ0) is 14.3. The summed E-state index contributed by atoms with van der Waals surface area (Å²) in [5.74, 6) is 0.271. The van der Waals surface area contributed by atoms with Crippen molar-refractivity contribution in [3.05, 3.63) is 16.1 Å². The molecule has 0 fully saturated rings. The summed E-state index contributed by atoms with van der Waals surface area (Å²) in [7, 11) is 0. The van der Waals surface area contributed by atoms with E-state index in [0.29, 0.717) is 19.5 Å². The lowest BCUT2D eigenvalue weighted by Crippen LogP contribution is -2.39. The van der Waals surface area contributed by atoms with E-state index in [1.807, 2.05) is 20.0 Å². The molecule has 1 heterocycles. The van der Waals surface area contributed by atoms with Crippen molar-refractivity contribution in [2.45, 2.75) is 39.7 Å². The third-order valence-corrected chi connectivity index (χ3v) is 3.62. The highest BCUT2D eigenvalue weighted by Crippen LogP contribution is 2.10. The minimum atomic E-state index is -0.326. The SMILES string of the molecule is Cc1cnc(CCNC(=O)NCC(C)CC(C)O)s1. The highest BCUT2D eigenvalue weighted by molar-refractivity contribution is 7.11. The molecule has 1 rings (SSSR count). The van der Waals surface area contributed by atoms with E-state index in [1.165, 1.54) is 4.88 Å². The second kappa shape index (κ2) is 8.12. The van der Waals surface area contributed by atoms with Crippen molar-refractivity contribution in [2.75, 3.05) is 13.1 Å². The van der Waals surface area contributed by atoms with Crippen LogP contribution in [0.3, 0.4) is 0 Å². The van der Waals surface area contributed by atoms with Gasteiger partial charge in [0.1, 0.15) is 0 Å². The van der Waals surface area contributed by atoms with Crippen molar-refractivity contribution in [3.63, 3.8) is 0 Å². The van der Waals surface area contributed by atoms with Crippen LogP contribution in [0.25, 0.3) is 0 Å². The number of urea groups is 1. The van der Waals surface area contributed by atoms with Gasteiger partial charge in [-0.1, -0.05) is 6.92 Å². The molecule has 2 unspecified atom stereocenters. The van der Waals surface area contributed by atoms with E-state index in [4.69, 9.17) is 0 Å². The van der Waals surface area contributed by atoms with E-state index >= 15 is 0 Å². The quantitative estimate of drug-likeness (QED) is 0.714. The molecule has 2 atom stereocenters. The molecule has 0 radical (unpaired) electrons. The minimum absolute atomic E-state index is 0.161. The van der Waals surface area contributed by atoms with E-state index in [9.17, 15) is 9.90 Å². The van der Waals surface area contributed by atoms with Crippen LogP contribution in [0, 0.1) is 12.8 Å². The van der Waals surface area contributed by atoms with Crippen LogP contribution in [0.15, 0.2) is 6.20 Å². The predicted molar refractivity (Wildman–Crippen MR) is 77.4 cm³/mol. The van der Waals surface area contributed by atoms with Gasteiger partial charge in [0.2, 0.25) is 0 Å². The summed E-state index contributed by atoms with van der Waals surface area (Å²) in [6.07, 6.45) is 2.97. The molecule has 2 amide bonds. The molecule has 5 nitrogen and oxygen atoms in total. The average Bonchev–Trinajstić information content (AvgIpc) is 2.71. The zero-order valence-corrected chi connectivity index (χ0v) is 12.6. The number of thiazole rings is 1. The second-order valence-corrected chi connectivity index (χ2v) is 6.26. The first kappa shape index (κ1) is 15.9. The molecule has 0 aliphatic heterocycles. The number of aliphatic hydroxyl groups excluding tert-OH is 1. The van der Waals surface area contributed by atoms with Crippen LogP contribution in [0.1, 0.15) is 30.2 Å². The van der Waals surface area contributed by atoms with Gasteiger partial charge in [-0.25, -0.2) is 9.78 Å². The number of nitrogens with one attached hydrogen (secondary N) is 2. The molecule has 0 aromatic carbocycles. The maximum atomic E-state index is 11.5. The van der Waals surface area contributed by atoms with E-state index in [-0.39, 0.29) is 18.1 Å². The Bertz CT molecular complexity index is 393. The molecule has 6 heteroatoms. The predicted octanol–water partition coefficient (Wildman–Crippen LogP) is 1.70. The van der Waals surface area contributed by atoms with Crippen LogP contribution in [0.2, 0.25) is 0 Å². The number of rotatable bonds is 7. The van der Waals surface area contributed by atoms with Gasteiger partial charge in [-0.3, -0.25) is 0 Å². The highest BCUT2D eigenvalue weighted by atomic mass is 32.1. The Morgan fingerprint density at radius 2 is 2.21 bits per heavy atom. The van der Waals surface area contributed by atoms with E-state index in [0.717, 1.165) is 11.4 Å². The van der Waals surface area contributed by atoms with Gasteiger partial charge >= 0.3 is 6.03 Å². The molecule has 0 saturated heterocycles. The van der Waals surface area contributed by atoms with Crippen LogP contribution >= 0.6 is 11.3 Å². The highest BCUT2D eigenvalue weighted by Gasteiger charge is 2.08. The number of carbonyl (C=O) groups is 1. The van der Waals surface area contributed by atoms with Crippen LogP contribution in [-0.4, -0.2) is 35.3 Å². The van der Waals surface area contributed by atoms with Gasteiger partial charge in [-0.15, -0.1) is 11.3 Å². The Kier molecular flexibility index (Phi) is 6.80. The Labute approximate surface area is 118 Å². The summed E-state index contributed by atoms with van der Waals surface area (Å²) in [6, 6.07) is -0.161. The third kappa shape index (κ3) is 7.12. The molecule has 0 spiro atoms. The molecule has 0 aliphatic carbocycles. The molecule has 108 valence electrons. The van der Waals surface area contributed by atoms with Crippen molar-refractivity contribution >= 4 is 17.4 Å². The van der Waals surface area contributed by atoms with Crippen LogP contribution < -0.4 is 10.6 Å². The number of carbonyl (C=O) groups excluding carboxylic acids is 1. The number of aryl methyl sites for hydroxylation is 1. The largest absolute Gasteiger partial charge is 0.393 e. The summed E-state index contributed by atoms with van der Waals surface area (Å²) in [5, 5.41) is 15.9. The standard InChI is InChI=1S/C13H23N3O2S/c1-9(6-10(2)17)7-16-13(18)14-5-4-12-15-8-11(3)19-12/h8-10,17H,4-7H2,1-3H3,(H2,14,16,18). The van der Waals surface area contributed by atoms with Crippen molar-refractivity contribution in [3.8, 4) is 0 Å². The Morgan fingerprint density at radius 3 is 2.79 bits per heavy atom. The third-order valence-electron chi connectivity index (χ3n) is 2.65. The van der Waals surface area contributed by atoms with Gasteiger partial charge in [0.05, 0.1) is 11.1 Å². The summed E-state index contributed by atoms with van der Waals surface area (Å²) in [5.41, 5.74) is 0. The number of amides is 2. The fourth-order valence-electron chi connectivity index (χ4n) is 1.80. The summed E-state index contributed by atoms with van der Waals surface area (Å²) in [6.45, 7) is 6.94. The van der Waals surface area contributed by atoms with Crippen molar-refractivity contribution < 1.29 is 9.90 Å². The van der Waals surface area contributed by atoms with Gasteiger partial charge < -0.3 is 15.7 Å². The zero-order valence-electron chi connectivity index (χ0n) is 11.8. The fourth-order valence-corrected chi connectivity index (χ4v) is 2.58. The molecular formula is C13H23N3O2S. The summed E-state index contributed by atoms with van der Waals surface area (Å²) >= 11 is 1.65. The number of aromatic nitrogens is 1. The fraction of sp³-hybridized carbons (Fsp3) is 0.692. The summed E-state index contributed by atoms with van der Waals surface area (Å²) in [4.78, 5) is 17.0. The van der Waals surface area contributed by atoms with Gasteiger partial charge in [0, 0.05) is 30.6 Å². The van der Waals surface area contributed by atoms with Gasteiger partial charge in [0.25, 0.3) is 0 Å². The second-order valence-electron chi connectivity index (χ2n) is 4.94. The number of aliphatic hydroxyl groups is 1. The van der Waals surface area contributed by atoms with E-state index in [1.54, 1.807) is 18.3 Å². The molecule has 19 heavy (non-hydrogen) atoms. The number of hydrogen-bond acceptors (Lipinski definition) is 4. The van der Waals surface area contributed by atoms with Crippen molar-refractivity contribution in [2.24, 2.45) is 5.92 Å². The lowest BCUT2D eigenvalue weighted by Gasteiger charge is -2.14. The Hall–Kier alpha value is -1.14. The molecular weight excluding hydrogens is 262 g/mol. The lowest BCUT2D eigenvalue weighted by molar-refractivity contribution is 0.163. The van der Waals surface area contributed by atoms with E-state index < -0.39 is 0 Å². The van der Waals surface area contributed by atoms with Crippen molar-refractivity contribution in [1.82, 2.24) is 15.6 Å². The van der Waals surface area contributed by atoms with E-state index in [2.05, 4.69) is 15.6 Å². The lowest BCUT2D eigenvalue weighted by atomic mass is 10.1. The number of nitrogens with zero attached hydrogens (tertiary/aromatic N) is 1.